The molecule has 6 heteroatoms. The number of allylic oxidation sites excluding steroid dienone is 1. The van der Waals surface area contributed by atoms with E-state index in [-0.39, 0.29) is 17.5 Å². The molecule has 0 radical (unpaired) electrons. The number of rotatable bonds is 7. The van der Waals surface area contributed by atoms with E-state index in [0.29, 0.717) is 34.4 Å². The van der Waals surface area contributed by atoms with Crippen molar-refractivity contribution in [3.8, 4) is 5.75 Å². The van der Waals surface area contributed by atoms with Crippen LogP contribution in [0.4, 0.5) is 0 Å². The molecule has 2 N–H and O–H groups in total. The molecule has 0 bridgehead atoms. The first kappa shape index (κ1) is 21.5. The van der Waals surface area contributed by atoms with E-state index >= 15 is 0 Å². The summed E-state index contributed by atoms with van der Waals surface area (Å²) in [6.45, 7) is 6.31. The molecular formula is C22H25ClN2O3. The molecule has 0 unspecified atom stereocenters. The minimum atomic E-state index is -0.370. The van der Waals surface area contributed by atoms with Crippen molar-refractivity contribution < 1.29 is 14.3 Å². The zero-order valence-corrected chi connectivity index (χ0v) is 17.3. The van der Waals surface area contributed by atoms with E-state index in [1.165, 1.54) is 0 Å². The third kappa shape index (κ3) is 5.86. The Bertz CT molecular complexity index is 856. The van der Waals surface area contributed by atoms with Crippen molar-refractivity contribution in [1.82, 2.24) is 10.6 Å². The standard InChI is InChI=1S/C22H25ClN2O3/c1-14(2)13-24-22(27)20(15(3)16-5-9-18(23)10-6-16)25-21(26)17-7-11-19(28-4)12-8-17/h5-12,14H,13H2,1-4H3,(H,24,27)(H,25,26). The predicted octanol–water partition coefficient (Wildman–Crippen LogP) is 4.28. The number of hydrogen-bond acceptors (Lipinski definition) is 3. The summed E-state index contributed by atoms with van der Waals surface area (Å²) in [6, 6.07) is 13.8. The molecular weight excluding hydrogens is 376 g/mol. The van der Waals surface area contributed by atoms with Crippen molar-refractivity contribution in [3.63, 3.8) is 0 Å². The van der Waals surface area contributed by atoms with Crippen molar-refractivity contribution in [3.05, 3.63) is 70.4 Å². The van der Waals surface area contributed by atoms with Gasteiger partial charge in [0.1, 0.15) is 11.4 Å². The highest BCUT2D eigenvalue weighted by Gasteiger charge is 2.18. The quantitative estimate of drug-likeness (QED) is 0.681. The van der Waals surface area contributed by atoms with Crippen molar-refractivity contribution in [2.24, 2.45) is 5.92 Å². The van der Waals surface area contributed by atoms with Gasteiger partial charge >= 0.3 is 0 Å². The van der Waals surface area contributed by atoms with Gasteiger partial charge in [-0.15, -0.1) is 0 Å². The summed E-state index contributed by atoms with van der Waals surface area (Å²) in [4.78, 5) is 25.5. The third-order valence-electron chi connectivity index (χ3n) is 4.14. The highest BCUT2D eigenvalue weighted by Crippen LogP contribution is 2.20. The first-order valence-electron chi connectivity index (χ1n) is 9.02. The second-order valence-electron chi connectivity index (χ2n) is 6.79. The molecule has 0 saturated carbocycles. The summed E-state index contributed by atoms with van der Waals surface area (Å²) in [5, 5.41) is 6.23. The molecule has 0 fully saturated rings. The molecule has 0 aliphatic rings. The second-order valence-corrected chi connectivity index (χ2v) is 7.23. The van der Waals surface area contributed by atoms with Crippen LogP contribution in [0.5, 0.6) is 5.75 Å². The molecule has 0 spiro atoms. The van der Waals surface area contributed by atoms with Gasteiger partial charge in [0, 0.05) is 17.1 Å². The fourth-order valence-electron chi connectivity index (χ4n) is 2.48. The molecule has 148 valence electrons. The molecule has 0 heterocycles. The van der Waals surface area contributed by atoms with Crippen LogP contribution in [-0.2, 0) is 4.79 Å². The minimum Gasteiger partial charge on any atom is -0.497 e. The van der Waals surface area contributed by atoms with E-state index in [9.17, 15) is 9.59 Å². The lowest BCUT2D eigenvalue weighted by Gasteiger charge is -2.16. The first-order chi connectivity index (χ1) is 13.3. The minimum absolute atomic E-state index is 0.212. The lowest BCUT2D eigenvalue weighted by Crippen LogP contribution is -2.37. The Balaban J connectivity index is 2.33. The van der Waals surface area contributed by atoms with Crippen molar-refractivity contribution in [2.45, 2.75) is 20.8 Å². The number of benzene rings is 2. The van der Waals surface area contributed by atoms with Crippen molar-refractivity contribution in [1.29, 1.82) is 0 Å². The van der Waals surface area contributed by atoms with Gasteiger partial charge in [-0.2, -0.15) is 0 Å². The Morgan fingerprint density at radius 3 is 2.11 bits per heavy atom. The summed E-state index contributed by atoms with van der Waals surface area (Å²) in [5.74, 6) is 0.242. The van der Waals surface area contributed by atoms with Gasteiger partial charge in [-0.1, -0.05) is 37.6 Å². The van der Waals surface area contributed by atoms with Crippen LogP contribution in [0.2, 0.25) is 5.02 Å². The van der Waals surface area contributed by atoms with E-state index in [1.807, 2.05) is 26.0 Å². The Morgan fingerprint density at radius 1 is 1.00 bits per heavy atom. The number of methoxy groups -OCH3 is 1. The molecule has 0 aliphatic carbocycles. The summed E-state index contributed by atoms with van der Waals surface area (Å²) in [5.41, 5.74) is 2.09. The normalized spacial score (nSPS) is 11.6. The van der Waals surface area contributed by atoms with Crippen LogP contribution >= 0.6 is 11.6 Å². The molecule has 0 saturated heterocycles. The second kappa shape index (κ2) is 9.95. The topological polar surface area (TPSA) is 67.4 Å². The van der Waals surface area contributed by atoms with Gasteiger partial charge in [0.2, 0.25) is 0 Å². The fourth-order valence-corrected chi connectivity index (χ4v) is 2.60. The fraction of sp³-hybridized carbons (Fsp3) is 0.273. The predicted molar refractivity (Wildman–Crippen MR) is 112 cm³/mol. The highest BCUT2D eigenvalue weighted by molar-refractivity contribution is 6.30. The molecule has 0 atom stereocenters. The highest BCUT2D eigenvalue weighted by atomic mass is 35.5. The Kier molecular flexibility index (Phi) is 7.64. The van der Waals surface area contributed by atoms with Crippen LogP contribution in [-0.4, -0.2) is 25.5 Å². The van der Waals surface area contributed by atoms with Crippen molar-refractivity contribution in [2.75, 3.05) is 13.7 Å². The number of carbonyl (C=O) groups is 2. The van der Waals surface area contributed by atoms with Gasteiger partial charge in [0.05, 0.1) is 7.11 Å². The Hall–Kier alpha value is -2.79. The monoisotopic (exact) mass is 400 g/mol. The maximum atomic E-state index is 12.8. The number of amides is 2. The van der Waals surface area contributed by atoms with Gasteiger partial charge in [0.25, 0.3) is 11.8 Å². The van der Waals surface area contributed by atoms with Crippen LogP contribution in [0, 0.1) is 5.92 Å². The molecule has 5 nitrogen and oxygen atoms in total. The molecule has 2 rings (SSSR count). The molecule has 28 heavy (non-hydrogen) atoms. The Labute approximate surface area is 170 Å². The molecule has 2 amide bonds. The summed E-state index contributed by atoms with van der Waals surface area (Å²) in [6.07, 6.45) is 0. The first-order valence-corrected chi connectivity index (χ1v) is 9.40. The number of halogens is 1. The van der Waals surface area contributed by atoms with Crippen molar-refractivity contribution >= 4 is 29.0 Å². The molecule has 0 aromatic heterocycles. The van der Waals surface area contributed by atoms with E-state index in [0.717, 1.165) is 5.56 Å². The number of carbonyl (C=O) groups excluding carboxylic acids is 2. The maximum absolute atomic E-state index is 12.8. The van der Waals surface area contributed by atoms with Gasteiger partial charge in [-0.05, 0) is 60.4 Å². The summed E-state index contributed by atoms with van der Waals surface area (Å²) in [7, 11) is 1.56. The van der Waals surface area contributed by atoms with E-state index in [2.05, 4.69) is 10.6 Å². The van der Waals surface area contributed by atoms with E-state index in [1.54, 1.807) is 50.4 Å². The zero-order valence-electron chi connectivity index (χ0n) is 16.5. The van der Waals surface area contributed by atoms with Crippen LogP contribution in [0.25, 0.3) is 5.57 Å². The van der Waals surface area contributed by atoms with Gasteiger partial charge in [-0.3, -0.25) is 9.59 Å². The smallest absolute Gasteiger partial charge is 0.268 e. The van der Waals surface area contributed by atoms with Crippen LogP contribution < -0.4 is 15.4 Å². The van der Waals surface area contributed by atoms with E-state index < -0.39 is 0 Å². The molecule has 2 aromatic carbocycles. The lowest BCUT2D eigenvalue weighted by molar-refractivity contribution is -0.117. The largest absolute Gasteiger partial charge is 0.497 e. The number of hydrogen-bond donors (Lipinski definition) is 2. The number of ether oxygens (including phenoxy) is 1. The zero-order chi connectivity index (χ0) is 20.7. The average molecular weight is 401 g/mol. The summed E-state index contributed by atoms with van der Waals surface area (Å²) < 4.78 is 5.11. The van der Waals surface area contributed by atoms with Crippen LogP contribution in [0.1, 0.15) is 36.7 Å². The maximum Gasteiger partial charge on any atom is 0.268 e. The Morgan fingerprint density at radius 2 is 1.57 bits per heavy atom. The van der Waals surface area contributed by atoms with Gasteiger partial charge < -0.3 is 15.4 Å². The van der Waals surface area contributed by atoms with E-state index in [4.69, 9.17) is 16.3 Å². The average Bonchev–Trinajstić information content (AvgIpc) is 2.70. The third-order valence-corrected chi connectivity index (χ3v) is 4.39. The SMILES string of the molecule is COc1ccc(C(=O)NC(C(=O)NCC(C)C)=C(C)c2ccc(Cl)cc2)cc1. The molecule has 2 aromatic rings. The summed E-state index contributed by atoms with van der Waals surface area (Å²) >= 11 is 5.96. The van der Waals surface area contributed by atoms with Crippen LogP contribution in [0.15, 0.2) is 54.2 Å². The van der Waals surface area contributed by atoms with Gasteiger partial charge in [-0.25, -0.2) is 0 Å². The molecule has 0 aliphatic heterocycles. The lowest BCUT2D eigenvalue weighted by atomic mass is 10.0. The van der Waals surface area contributed by atoms with Crippen LogP contribution in [0.3, 0.4) is 0 Å². The van der Waals surface area contributed by atoms with Gasteiger partial charge in [0.15, 0.2) is 0 Å². The number of nitrogens with one attached hydrogen (secondary N) is 2.